The van der Waals surface area contributed by atoms with Crippen molar-refractivity contribution < 1.29 is 0 Å². The van der Waals surface area contributed by atoms with E-state index in [1.807, 2.05) is 35.6 Å². The Labute approximate surface area is 101 Å². The van der Waals surface area contributed by atoms with E-state index in [1.54, 1.807) is 0 Å². The quantitative estimate of drug-likeness (QED) is 0.847. The van der Waals surface area contributed by atoms with Crippen LogP contribution in [-0.4, -0.2) is 22.1 Å². The molecule has 1 aliphatic rings. The van der Waals surface area contributed by atoms with Gasteiger partial charge < -0.3 is 9.88 Å². The fraction of sp³-hybridized carbons (Fsp3) is 0.583. The van der Waals surface area contributed by atoms with Crippen LogP contribution in [0.15, 0.2) is 12.3 Å². The molecule has 1 aliphatic carbocycles. The molecule has 0 unspecified atom stereocenters. The summed E-state index contributed by atoms with van der Waals surface area (Å²) in [5.74, 6) is 0. The smallest absolute Gasteiger partial charge is 0.120 e. The van der Waals surface area contributed by atoms with Crippen LogP contribution in [0.4, 0.5) is 0 Å². The molecule has 0 atom stereocenters. The maximum Gasteiger partial charge on any atom is 0.120 e. The summed E-state index contributed by atoms with van der Waals surface area (Å²) in [4.78, 5) is 0. The molecule has 1 heterocycles. The first kappa shape index (κ1) is 11.6. The summed E-state index contributed by atoms with van der Waals surface area (Å²) >= 11 is 1.97. The minimum Gasteiger partial charge on any atom is -0.342 e. The van der Waals surface area contributed by atoms with Crippen LogP contribution in [0.25, 0.3) is 0 Å². The van der Waals surface area contributed by atoms with Crippen molar-refractivity contribution in [1.82, 2.24) is 9.88 Å². The zero-order valence-electron chi connectivity index (χ0n) is 9.79. The third-order valence-corrected chi connectivity index (χ3v) is 4.61. The molecule has 3 nitrogen and oxygen atoms in total. The number of nitrogens with one attached hydrogen (secondary N) is 1. The van der Waals surface area contributed by atoms with Gasteiger partial charge in [-0.05, 0) is 30.7 Å². The molecule has 86 valence electrons. The first-order valence-corrected chi connectivity index (χ1v) is 6.73. The van der Waals surface area contributed by atoms with Crippen LogP contribution < -0.4 is 5.32 Å². The average molecular weight is 235 g/mol. The van der Waals surface area contributed by atoms with Gasteiger partial charge in [-0.1, -0.05) is 0 Å². The first-order valence-electron chi connectivity index (χ1n) is 5.50. The number of aromatic nitrogens is 1. The highest BCUT2D eigenvalue weighted by atomic mass is 32.2. The second-order valence-electron chi connectivity index (χ2n) is 4.45. The number of nitrogens with zero attached hydrogens (tertiary/aromatic N) is 2. The van der Waals surface area contributed by atoms with E-state index in [4.69, 9.17) is 5.26 Å². The van der Waals surface area contributed by atoms with Gasteiger partial charge in [-0.25, -0.2) is 0 Å². The van der Waals surface area contributed by atoms with Gasteiger partial charge in [0.15, 0.2) is 0 Å². The third kappa shape index (κ3) is 2.42. The normalized spacial score (nSPS) is 17.1. The van der Waals surface area contributed by atoms with Gasteiger partial charge in [0, 0.05) is 31.1 Å². The Morgan fingerprint density at radius 2 is 2.38 bits per heavy atom. The summed E-state index contributed by atoms with van der Waals surface area (Å²) in [6.07, 6.45) is 6.87. The highest BCUT2D eigenvalue weighted by Crippen LogP contribution is 2.46. The molecule has 1 N–H and O–H groups in total. The summed E-state index contributed by atoms with van der Waals surface area (Å²) in [7, 11) is 1.91. The summed E-state index contributed by atoms with van der Waals surface area (Å²) in [6, 6.07) is 4.13. The second-order valence-corrected chi connectivity index (χ2v) is 5.72. The Morgan fingerprint density at radius 3 is 2.88 bits per heavy atom. The Hall–Kier alpha value is -0.920. The lowest BCUT2D eigenvalue weighted by atomic mass is 10.3. The molecule has 0 radical (unpaired) electrons. The zero-order chi connectivity index (χ0) is 11.6. The molecule has 4 heteroatoms. The van der Waals surface area contributed by atoms with Gasteiger partial charge in [-0.15, -0.1) is 0 Å². The largest absolute Gasteiger partial charge is 0.342 e. The summed E-state index contributed by atoms with van der Waals surface area (Å²) < 4.78 is 2.38. The van der Waals surface area contributed by atoms with Crippen LogP contribution in [0.5, 0.6) is 0 Å². The molecule has 0 saturated heterocycles. The van der Waals surface area contributed by atoms with Crippen molar-refractivity contribution in [2.45, 2.75) is 24.1 Å². The number of hydrogen-bond donors (Lipinski definition) is 1. The van der Waals surface area contributed by atoms with Crippen molar-refractivity contribution in [3.05, 3.63) is 23.5 Å². The lowest BCUT2D eigenvalue weighted by molar-refractivity contribution is 0.662. The Bertz CT molecular complexity index is 412. The Morgan fingerprint density at radius 1 is 1.62 bits per heavy atom. The fourth-order valence-corrected chi connectivity index (χ4v) is 2.62. The average Bonchev–Trinajstić information content (AvgIpc) is 2.97. The van der Waals surface area contributed by atoms with Crippen molar-refractivity contribution in [3.8, 4) is 6.07 Å². The maximum absolute atomic E-state index is 8.84. The summed E-state index contributed by atoms with van der Waals surface area (Å²) in [5.41, 5.74) is 1.92. The number of nitriles is 1. The molecule has 16 heavy (non-hydrogen) atoms. The van der Waals surface area contributed by atoms with Gasteiger partial charge in [0.25, 0.3) is 0 Å². The van der Waals surface area contributed by atoms with E-state index in [9.17, 15) is 0 Å². The maximum atomic E-state index is 8.84. The molecular weight excluding hydrogens is 218 g/mol. The van der Waals surface area contributed by atoms with E-state index >= 15 is 0 Å². The second kappa shape index (κ2) is 4.52. The lowest BCUT2D eigenvalue weighted by Gasteiger charge is -2.12. The fourth-order valence-electron chi connectivity index (χ4n) is 1.87. The first-order chi connectivity index (χ1) is 7.69. The van der Waals surface area contributed by atoms with Crippen LogP contribution >= 0.6 is 11.8 Å². The molecule has 1 saturated carbocycles. The molecule has 1 fully saturated rings. The molecule has 1 aromatic rings. The van der Waals surface area contributed by atoms with Crippen molar-refractivity contribution in [2.75, 3.05) is 12.8 Å². The molecule has 0 aliphatic heterocycles. The van der Waals surface area contributed by atoms with Gasteiger partial charge in [0.2, 0.25) is 0 Å². The summed E-state index contributed by atoms with van der Waals surface area (Å²) in [5, 5.41) is 12.3. The van der Waals surface area contributed by atoms with Gasteiger partial charge in [0.05, 0.1) is 0 Å². The van der Waals surface area contributed by atoms with Crippen LogP contribution in [-0.2, 0) is 13.6 Å². The summed E-state index contributed by atoms with van der Waals surface area (Å²) in [6.45, 7) is 1.93. The lowest BCUT2D eigenvalue weighted by Crippen LogP contribution is -2.25. The van der Waals surface area contributed by atoms with Crippen molar-refractivity contribution in [3.63, 3.8) is 0 Å². The van der Waals surface area contributed by atoms with E-state index in [1.165, 1.54) is 18.4 Å². The topological polar surface area (TPSA) is 40.8 Å². The minimum atomic E-state index is 0.507. The Kier molecular flexibility index (Phi) is 3.27. The van der Waals surface area contributed by atoms with E-state index in [0.717, 1.165) is 18.8 Å². The highest BCUT2D eigenvalue weighted by Gasteiger charge is 2.41. The molecule has 0 bridgehead atoms. The standard InChI is InChI=1S/C12H17N3S/c1-15-8-10(5-11(15)6-13)7-14-9-12(16-2)3-4-12/h5,8,14H,3-4,7,9H2,1-2H3. The van der Waals surface area contributed by atoms with Crippen LogP contribution in [0.3, 0.4) is 0 Å². The SMILES string of the molecule is CSC1(CNCc2cc(C#N)n(C)c2)CC1. The van der Waals surface area contributed by atoms with E-state index in [-0.39, 0.29) is 0 Å². The van der Waals surface area contributed by atoms with Gasteiger partial charge >= 0.3 is 0 Å². The number of thioether (sulfide) groups is 1. The number of hydrogen-bond acceptors (Lipinski definition) is 3. The Balaban J connectivity index is 1.83. The highest BCUT2D eigenvalue weighted by molar-refractivity contribution is 8.00. The van der Waals surface area contributed by atoms with Crippen LogP contribution in [0.1, 0.15) is 24.1 Å². The predicted molar refractivity (Wildman–Crippen MR) is 67.3 cm³/mol. The van der Waals surface area contributed by atoms with E-state index in [2.05, 4.69) is 17.6 Å². The molecule has 0 aromatic carbocycles. The molecule has 2 rings (SSSR count). The van der Waals surface area contributed by atoms with Crippen molar-refractivity contribution >= 4 is 11.8 Å². The van der Waals surface area contributed by atoms with Crippen LogP contribution in [0.2, 0.25) is 0 Å². The van der Waals surface area contributed by atoms with Gasteiger partial charge in [-0.2, -0.15) is 17.0 Å². The monoisotopic (exact) mass is 235 g/mol. The molecule has 0 spiro atoms. The van der Waals surface area contributed by atoms with E-state index in [0.29, 0.717) is 4.75 Å². The van der Waals surface area contributed by atoms with Crippen molar-refractivity contribution in [2.24, 2.45) is 7.05 Å². The molecule has 0 amide bonds. The van der Waals surface area contributed by atoms with E-state index < -0.39 is 0 Å². The van der Waals surface area contributed by atoms with Gasteiger partial charge in [0.1, 0.15) is 11.8 Å². The zero-order valence-corrected chi connectivity index (χ0v) is 10.6. The third-order valence-electron chi connectivity index (χ3n) is 3.19. The van der Waals surface area contributed by atoms with Crippen molar-refractivity contribution in [1.29, 1.82) is 5.26 Å². The number of rotatable bonds is 5. The molecule has 1 aromatic heterocycles. The van der Waals surface area contributed by atoms with Gasteiger partial charge in [-0.3, -0.25) is 0 Å². The predicted octanol–water partition coefficient (Wildman–Crippen LogP) is 1.88. The number of aryl methyl sites for hydroxylation is 1. The minimum absolute atomic E-state index is 0.507. The molecular formula is C12H17N3S. The van der Waals surface area contributed by atoms with Crippen LogP contribution in [0, 0.1) is 11.3 Å².